The quantitative estimate of drug-likeness (QED) is 0.268. The van der Waals surface area contributed by atoms with Crippen LogP contribution in [0.4, 0.5) is 17.1 Å². The normalized spacial score (nSPS) is 11.0. The number of benzene rings is 3. The minimum Gasteiger partial charge on any atom is -0.311 e. The Balaban J connectivity index is 1.39. The predicted molar refractivity (Wildman–Crippen MR) is 142 cm³/mol. The van der Waals surface area contributed by atoms with Gasteiger partial charge < -0.3 is 4.90 Å². The summed E-state index contributed by atoms with van der Waals surface area (Å²) in [5, 5.41) is 0. The third-order valence-corrected chi connectivity index (χ3v) is 5.61. The van der Waals surface area contributed by atoms with E-state index in [2.05, 4.69) is 119 Å². The molecule has 0 amide bonds. The number of nitrogens with zero attached hydrogens (tertiary/aromatic N) is 3. The molecule has 34 heavy (non-hydrogen) atoms. The maximum Gasteiger partial charge on any atom is 0.0892 e. The summed E-state index contributed by atoms with van der Waals surface area (Å²) in [5.41, 5.74) is 8.55. The van der Waals surface area contributed by atoms with Gasteiger partial charge in [-0.15, -0.1) is 0 Å². The lowest BCUT2D eigenvalue weighted by Gasteiger charge is -2.25. The second-order valence-electron chi connectivity index (χ2n) is 8.12. The summed E-state index contributed by atoms with van der Waals surface area (Å²) in [6, 6.07) is 37.6. The first-order valence-corrected chi connectivity index (χ1v) is 11.3. The minimum atomic E-state index is 0.877. The Bertz CT molecular complexity index is 1350. The van der Waals surface area contributed by atoms with Gasteiger partial charge in [0.1, 0.15) is 0 Å². The molecule has 3 heteroatoms. The van der Waals surface area contributed by atoms with E-state index in [1.807, 2.05) is 36.7 Å². The molecule has 164 valence electrons. The average Bonchev–Trinajstić information content (AvgIpc) is 2.90. The Morgan fingerprint density at radius 1 is 0.529 bits per heavy atom. The van der Waals surface area contributed by atoms with Crippen molar-refractivity contribution in [3.63, 3.8) is 0 Å². The molecule has 5 rings (SSSR count). The molecule has 0 aliphatic carbocycles. The number of hydrogen-bond acceptors (Lipinski definition) is 3. The molecule has 3 nitrogen and oxygen atoms in total. The molecule has 3 aromatic carbocycles. The van der Waals surface area contributed by atoms with Gasteiger partial charge in [0, 0.05) is 29.5 Å². The van der Waals surface area contributed by atoms with E-state index in [0.717, 1.165) is 39.6 Å². The second-order valence-corrected chi connectivity index (χ2v) is 8.12. The third kappa shape index (κ3) is 4.94. The average molecular weight is 440 g/mol. The highest BCUT2D eigenvalue weighted by Crippen LogP contribution is 2.34. The van der Waals surface area contributed by atoms with E-state index in [4.69, 9.17) is 0 Å². The van der Waals surface area contributed by atoms with E-state index in [0.29, 0.717) is 0 Å². The predicted octanol–water partition coefficient (Wildman–Crippen LogP) is 8.09. The highest BCUT2D eigenvalue weighted by atomic mass is 15.1. The van der Waals surface area contributed by atoms with Crippen LogP contribution in [0.25, 0.3) is 23.5 Å². The first kappa shape index (κ1) is 21.4. The number of aryl methyl sites for hydroxylation is 1. The lowest BCUT2D eigenvalue weighted by atomic mass is 10.1. The van der Waals surface area contributed by atoms with Crippen molar-refractivity contribution in [1.29, 1.82) is 0 Å². The monoisotopic (exact) mass is 439 g/mol. The molecule has 0 saturated heterocycles. The number of para-hydroxylation sites is 2. The Morgan fingerprint density at radius 2 is 1.06 bits per heavy atom. The third-order valence-electron chi connectivity index (χ3n) is 5.61. The zero-order valence-electron chi connectivity index (χ0n) is 19.0. The van der Waals surface area contributed by atoms with Gasteiger partial charge in [-0.1, -0.05) is 60.7 Å². The Hall–Kier alpha value is -4.50. The van der Waals surface area contributed by atoms with Crippen molar-refractivity contribution >= 4 is 29.2 Å². The first-order valence-electron chi connectivity index (χ1n) is 11.3. The smallest absolute Gasteiger partial charge is 0.0892 e. The van der Waals surface area contributed by atoms with E-state index in [-0.39, 0.29) is 0 Å². The van der Waals surface area contributed by atoms with E-state index in [9.17, 15) is 0 Å². The van der Waals surface area contributed by atoms with Gasteiger partial charge in [0.25, 0.3) is 0 Å². The van der Waals surface area contributed by atoms with Gasteiger partial charge in [-0.3, -0.25) is 9.97 Å². The fourth-order valence-corrected chi connectivity index (χ4v) is 3.90. The second kappa shape index (κ2) is 9.97. The van der Waals surface area contributed by atoms with Crippen molar-refractivity contribution in [2.24, 2.45) is 0 Å². The zero-order valence-corrected chi connectivity index (χ0v) is 19.0. The van der Waals surface area contributed by atoms with Crippen molar-refractivity contribution in [3.8, 4) is 11.4 Å². The van der Waals surface area contributed by atoms with E-state index in [1.165, 1.54) is 5.56 Å². The van der Waals surface area contributed by atoms with Gasteiger partial charge in [0.15, 0.2) is 0 Å². The zero-order chi connectivity index (χ0) is 23.2. The molecule has 0 aliphatic rings. The molecular weight excluding hydrogens is 414 g/mol. The van der Waals surface area contributed by atoms with Crippen molar-refractivity contribution in [3.05, 3.63) is 138 Å². The molecule has 2 heterocycles. The summed E-state index contributed by atoms with van der Waals surface area (Å²) in [6.45, 7) is 2.06. The molecule has 0 N–H and O–H groups in total. The van der Waals surface area contributed by atoms with Crippen LogP contribution in [0.1, 0.15) is 16.7 Å². The summed E-state index contributed by atoms with van der Waals surface area (Å²) in [4.78, 5) is 11.2. The Kier molecular flexibility index (Phi) is 6.26. The highest BCUT2D eigenvalue weighted by Gasteiger charge is 2.11. The molecule has 2 aromatic heterocycles. The van der Waals surface area contributed by atoms with Crippen LogP contribution in [0, 0.1) is 6.92 Å². The molecule has 0 aliphatic heterocycles. The number of anilines is 3. The summed E-state index contributed by atoms with van der Waals surface area (Å²) in [5.74, 6) is 0. The fourth-order valence-electron chi connectivity index (χ4n) is 3.90. The molecule has 0 radical (unpaired) electrons. The summed E-state index contributed by atoms with van der Waals surface area (Å²) in [6.07, 6.45) is 7.90. The maximum atomic E-state index is 4.49. The Morgan fingerprint density at radius 3 is 1.68 bits per heavy atom. The molecule has 0 fully saturated rings. The van der Waals surface area contributed by atoms with Gasteiger partial charge in [-0.05, 0) is 84.3 Å². The van der Waals surface area contributed by atoms with Crippen molar-refractivity contribution in [1.82, 2.24) is 9.97 Å². The van der Waals surface area contributed by atoms with E-state index < -0.39 is 0 Å². The van der Waals surface area contributed by atoms with Gasteiger partial charge in [0.05, 0.1) is 11.4 Å². The largest absolute Gasteiger partial charge is 0.311 e. The summed E-state index contributed by atoms with van der Waals surface area (Å²) < 4.78 is 0. The van der Waals surface area contributed by atoms with Crippen LogP contribution >= 0.6 is 0 Å². The number of hydrogen-bond donors (Lipinski definition) is 0. The van der Waals surface area contributed by atoms with Crippen molar-refractivity contribution in [2.75, 3.05) is 4.90 Å². The fraction of sp³-hybridized carbons (Fsp3) is 0.0323. The summed E-state index contributed by atoms with van der Waals surface area (Å²) >= 11 is 0. The van der Waals surface area contributed by atoms with Crippen LogP contribution in [0.3, 0.4) is 0 Å². The number of pyridine rings is 2. The maximum absolute atomic E-state index is 4.49. The first-order chi connectivity index (χ1) is 16.8. The molecule has 0 saturated carbocycles. The van der Waals surface area contributed by atoms with Crippen molar-refractivity contribution in [2.45, 2.75) is 6.92 Å². The minimum absolute atomic E-state index is 0.877. The lowest BCUT2D eigenvalue weighted by molar-refractivity contribution is 1.23. The highest BCUT2D eigenvalue weighted by molar-refractivity contribution is 5.78. The topological polar surface area (TPSA) is 29.0 Å². The standard InChI is InChI=1S/C31H25N3/c1-24-18-20-32-30(22-24)31-23-26(19-21-33-31)13-12-25-14-16-29(17-15-25)34(27-8-4-2-5-9-27)28-10-6-3-7-11-28/h2-23H,1H3/b13-12+. The van der Waals surface area contributed by atoms with E-state index in [1.54, 1.807) is 0 Å². The van der Waals surface area contributed by atoms with Crippen LogP contribution < -0.4 is 4.90 Å². The molecule has 5 aromatic rings. The number of rotatable bonds is 6. The van der Waals surface area contributed by atoms with E-state index >= 15 is 0 Å². The number of aromatic nitrogens is 2. The van der Waals surface area contributed by atoms with Crippen LogP contribution in [0.2, 0.25) is 0 Å². The molecular formula is C31H25N3. The molecule has 0 bridgehead atoms. The lowest BCUT2D eigenvalue weighted by Crippen LogP contribution is -2.09. The SMILES string of the molecule is Cc1ccnc(-c2cc(/C=C/c3ccc(N(c4ccccc4)c4ccccc4)cc3)ccn2)c1. The van der Waals surface area contributed by atoms with Crippen LogP contribution in [0.5, 0.6) is 0 Å². The molecule has 0 atom stereocenters. The van der Waals surface area contributed by atoms with Gasteiger partial charge in [-0.2, -0.15) is 0 Å². The summed E-state index contributed by atoms with van der Waals surface area (Å²) in [7, 11) is 0. The van der Waals surface area contributed by atoms with Crippen LogP contribution in [-0.4, -0.2) is 9.97 Å². The van der Waals surface area contributed by atoms with Gasteiger partial charge in [-0.25, -0.2) is 0 Å². The Labute approximate surface area is 200 Å². The molecule has 0 unspecified atom stereocenters. The van der Waals surface area contributed by atoms with Gasteiger partial charge in [0.2, 0.25) is 0 Å². The van der Waals surface area contributed by atoms with Crippen molar-refractivity contribution < 1.29 is 0 Å². The molecule has 0 spiro atoms. The van der Waals surface area contributed by atoms with Gasteiger partial charge >= 0.3 is 0 Å². The van der Waals surface area contributed by atoms with Crippen LogP contribution in [0.15, 0.2) is 122 Å². The van der Waals surface area contributed by atoms with Crippen LogP contribution in [-0.2, 0) is 0 Å².